The molecule has 3 rings (SSSR count). The molecule has 0 aliphatic rings. The SMILES string of the molecule is Cc1cc(C(=O)N(C)C(C)c2ccc(F)c(F)c2)c2ccccc2n1. The van der Waals surface area contributed by atoms with Gasteiger partial charge in [0.15, 0.2) is 11.6 Å². The lowest BCUT2D eigenvalue weighted by Crippen LogP contribution is -2.30. The summed E-state index contributed by atoms with van der Waals surface area (Å²) in [7, 11) is 1.65. The van der Waals surface area contributed by atoms with E-state index >= 15 is 0 Å². The van der Waals surface area contributed by atoms with E-state index in [0.29, 0.717) is 11.1 Å². The van der Waals surface area contributed by atoms with Crippen LogP contribution in [0.3, 0.4) is 0 Å². The summed E-state index contributed by atoms with van der Waals surface area (Å²) in [6, 6.07) is 12.5. The first kappa shape index (κ1) is 17.0. The zero-order chi connectivity index (χ0) is 18.1. The van der Waals surface area contributed by atoms with Gasteiger partial charge >= 0.3 is 0 Å². The number of rotatable bonds is 3. The normalized spacial score (nSPS) is 12.2. The third kappa shape index (κ3) is 3.22. The van der Waals surface area contributed by atoms with Crippen LogP contribution in [0.1, 0.15) is 34.6 Å². The van der Waals surface area contributed by atoms with Crippen LogP contribution < -0.4 is 0 Å². The first-order valence-corrected chi connectivity index (χ1v) is 7.97. The number of carbonyl (C=O) groups excluding carboxylic acids is 1. The van der Waals surface area contributed by atoms with Crippen LogP contribution in [0, 0.1) is 18.6 Å². The second-order valence-electron chi connectivity index (χ2n) is 6.09. The third-order valence-corrected chi connectivity index (χ3v) is 4.40. The molecular weight excluding hydrogens is 322 g/mol. The van der Waals surface area contributed by atoms with Gasteiger partial charge in [-0.05, 0) is 43.7 Å². The molecule has 25 heavy (non-hydrogen) atoms. The Morgan fingerprint density at radius 2 is 1.80 bits per heavy atom. The lowest BCUT2D eigenvalue weighted by atomic mass is 10.0. The van der Waals surface area contributed by atoms with Gasteiger partial charge in [0.05, 0.1) is 17.1 Å². The summed E-state index contributed by atoms with van der Waals surface area (Å²) in [6.45, 7) is 3.61. The van der Waals surface area contributed by atoms with Crippen LogP contribution in [0.5, 0.6) is 0 Å². The molecule has 1 unspecified atom stereocenters. The smallest absolute Gasteiger partial charge is 0.254 e. The van der Waals surface area contributed by atoms with E-state index in [0.717, 1.165) is 28.7 Å². The molecule has 0 N–H and O–H groups in total. The Morgan fingerprint density at radius 1 is 1.08 bits per heavy atom. The van der Waals surface area contributed by atoms with Crippen LogP contribution in [-0.4, -0.2) is 22.8 Å². The van der Waals surface area contributed by atoms with Crippen molar-refractivity contribution < 1.29 is 13.6 Å². The van der Waals surface area contributed by atoms with Crippen molar-refractivity contribution in [2.24, 2.45) is 0 Å². The second kappa shape index (κ2) is 6.59. The number of halogens is 2. The van der Waals surface area contributed by atoms with Crippen LogP contribution in [0.15, 0.2) is 48.5 Å². The first-order valence-electron chi connectivity index (χ1n) is 7.97. The number of para-hydroxylation sites is 1. The number of amides is 1. The minimum atomic E-state index is -0.921. The largest absolute Gasteiger partial charge is 0.335 e. The quantitative estimate of drug-likeness (QED) is 0.695. The van der Waals surface area contributed by atoms with Gasteiger partial charge in [-0.1, -0.05) is 24.3 Å². The number of benzene rings is 2. The van der Waals surface area contributed by atoms with Crippen molar-refractivity contribution in [2.75, 3.05) is 7.05 Å². The molecule has 5 heteroatoms. The van der Waals surface area contributed by atoms with Gasteiger partial charge < -0.3 is 4.90 Å². The maximum Gasteiger partial charge on any atom is 0.254 e. The summed E-state index contributed by atoms with van der Waals surface area (Å²) in [6.07, 6.45) is 0. The Labute approximate surface area is 144 Å². The Hall–Kier alpha value is -2.82. The van der Waals surface area contributed by atoms with Gasteiger partial charge in [-0.25, -0.2) is 8.78 Å². The monoisotopic (exact) mass is 340 g/mol. The van der Waals surface area contributed by atoms with E-state index < -0.39 is 17.7 Å². The van der Waals surface area contributed by atoms with Crippen molar-refractivity contribution in [3.05, 3.63) is 77.0 Å². The van der Waals surface area contributed by atoms with E-state index in [1.807, 2.05) is 31.2 Å². The van der Waals surface area contributed by atoms with Crippen molar-refractivity contribution in [2.45, 2.75) is 19.9 Å². The molecule has 1 heterocycles. The van der Waals surface area contributed by atoms with Crippen molar-refractivity contribution in [1.29, 1.82) is 0 Å². The molecular formula is C20H18F2N2O. The zero-order valence-electron chi connectivity index (χ0n) is 14.3. The van der Waals surface area contributed by atoms with Gasteiger partial charge in [-0.3, -0.25) is 9.78 Å². The first-order chi connectivity index (χ1) is 11.9. The Balaban J connectivity index is 1.98. The van der Waals surface area contributed by atoms with Crippen LogP contribution in [0.4, 0.5) is 8.78 Å². The molecule has 0 radical (unpaired) electrons. The number of pyridine rings is 1. The van der Waals surface area contributed by atoms with Crippen molar-refractivity contribution in [1.82, 2.24) is 9.88 Å². The number of fused-ring (bicyclic) bond motifs is 1. The predicted octanol–water partition coefficient (Wildman–Crippen LogP) is 4.65. The molecule has 0 saturated carbocycles. The number of carbonyl (C=O) groups is 1. The Bertz CT molecular complexity index is 956. The molecule has 128 valence electrons. The van der Waals surface area contributed by atoms with Gasteiger partial charge in [-0.15, -0.1) is 0 Å². The third-order valence-electron chi connectivity index (χ3n) is 4.40. The molecule has 3 aromatic rings. The van der Waals surface area contributed by atoms with E-state index in [2.05, 4.69) is 4.98 Å². The fourth-order valence-corrected chi connectivity index (χ4v) is 2.85. The summed E-state index contributed by atoms with van der Waals surface area (Å²) in [5, 5.41) is 0.766. The summed E-state index contributed by atoms with van der Waals surface area (Å²) < 4.78 is 26.6. The molecule has 3 nitrogen and oxygen atoms in total. The fraction of sp³-hybridized carbons (Fsp3) is 0.200. The molecule has 0 aliphatic carbocycles. The lowest BCUT2D eigenvalue weighted by molar-refractivity contribution is 0.0744. The number of aryl methyl sites for hydroxylation is 1. The van der Waals surface area contributed by atoms with Crippen LogP contribution in [0.25, 0.3) is 10.9 Å². The van der Waals surface area contributed by atoms with E-state index in [1.165, 1.54) is 11.0 Å². The minimum Gasteiger partial charge on any atom is -0.335 e. The summed E-state index contributed by atoms with van der Waals surface area (Å²) in [5.41, 5.74) is 2.57. The average molecular weight is 340 g/mol. The topological polar surface area (TPSA) is 33.2 Å². The Morgan fingerprint density at radius 3 is 2.52 bits per heavy atom. The highest BCUT2D eigenvalue weighted by Gasteiger charge is 2.22. The lowest BCUT2D eigenvalue weighted by Gasteiger charge is -2.26. The van der Waals surface area contributed by atoms with E-state index in [9.17, 15) is 13.6 Å². The summed E-state index contributed by atoms with van der Waals surface area (Å²) in [4.78, 5) is 19.0. The van der Waals surface area contributed by atoms with Crippen LogP contribution in [-0.2, 0) is 0 Å². The average Bonchev–Trinajstić information content (AvgIpc) is 2.61. The number of nitrogens with zero attached hydrogens (tertiary/aromatic N) is 2. The standard InChI is InChI=1S/C20H18F2N2O/c1-12-10-16(15-6-4-5-7-19(15)23-12)20(25)24(3)13(2)14-8-9-17(21)18(22)11-14/h4-11,13H,1-3H3. The highest BCUT2D eigenvalue weighted by atomic mass is 19.2. The highest BCUT2D eigenvalue weighted by molar-refractivity contribution is 6.06. The summed E-state index contributed by atoms with van der Waals surface area (Å²) >= 11 is 0. The molecule has 1 atom stereocenters. The van der Waals surface area contributed by atoms with E-state index in [-0.39, 0.29) is 5.91 Å². The number of hydrogen-bond donors (Lipinski definition) is 0. The van der Waals surface area contributed by atoms with Crippen molar-refractivity contribution >= 4 is 16.8 Å². The van der Waals surface area contributed by atoms with Gasteiger partial charge in [0.1, 0.15) is 0 Å². The van der Waals surface area contributed by atoms with E-state index in [1.54, 1.807) is 20.0 Å². The van der Waals surface area contributed by atoms with Gasteiger partial charge in [0.2, 0.25) is 0 Å². The van der Waals surface area contributed by atoms with Gasteiger partial charge in [0.25, 0.3) is 5.91 Å². The maximum absolute atomic E-state index is 13.5. The van der Waals surface area contributed by atoms with E-state index in [4.69, 9.17) is 0 Å². The minimum absolute atomic E-state index is 0.195. The Kier molecular flexibility index (Phi) is 4.49. The molecule has 1 amide bonds. The number of hydrogen-bond acceptors (Lipinski definition) is 2. The molecule has 0 aliphatic heterocycles. The zero-order valence-corrected chi connectivity index (χ0v) is 14.3. The second-order valence-corrected chi connectivity index (χ2v) is 6.09. The van der Waals surface area contributed by atoms with Crippen molar-refractivity contribution in [3.63, 3.8) is 0 Å². The fourth-order valence-electron chi connectivity index (χ4n) is 2.85. The van der Waals surface area contributed by atoms with Crippen LogP contribution >= 0.6 is 0 Å². The molecule has 1 aromatic heterocycles. The van der Waals surface area contributed by atoms with Gasteiger partial charge in [0, 0.05) is 18.1 Å². The maximum atomic E-state index is 13.5. The van der Waals surface area contributed by atoms with Gasteiger partial charge in [-0.2, -0.15) is 0 Å². The highest BCUT2D eigenvalue weighted by Crippen LogP contribution is 2.25. The number of aromatic nitrogens is 1. The van der Waals surface area contributed by atoms with Crippen molar-refractivity contribution in [3.8, 4) is 0 Å². The molecule has 0 fully saturated rings. The molecule has 2 aromatic carbocycles. The molecule has 0 spiro atoms. The molecule has 0 saturated heterocycles. The summed E-state index contributed by atoms with van der Waals surface area (Å²) in [5.74, 6) is -2.02. The molecule has 0 bridgehead atoms. The predicted molar refractivity (Wildman–Crippen MR) is 93.3 cm³/mol. The van der Waals surface area contributed by atoms with Crippen LogP contribution in [0.2, 0.25) is 0 Å².